The molecule has 4 aliphatic rings. The number of esters is 2. The number of rotatable bonds is 17. The summed E-state index contributed by atoms with van der Waals surface area (Å²) >= 11 is 0. The first kappa shape index (κ1) is 38.2. The molecular weight excluding hydrogens is 660 g/mol. The number of carbonyl (C=O) groups excluding carboxylic acids is 2. The minimum Gasteiger partial charge on any atom is -0.490 e. The monoisotopic (exact) mass is 722 g/mol. The van der Waals surface area contributed by atoms with Crippen molar-refractivity contribution < 1.29 is 47.0 Å². The van der Waals surface area contributed by atoms with E-state index in [0.717, 1.165) is 96.4 Å². The van der Waals surface area contributed by atoms with Crippen molar-refractivity contribution in [2.24, 2.45) is 0 Å². The molecule has 0 aliphatic carbocycles. The molecule has 52 heavy (non-hydrogen) atoms. The van der Waals surface area contributed by atoms with Gasteiger partial charge in [-0.2, -0.15) is 0 Å². The lowest BCUT2D eigenvalue weighted by atomic mass is 9.95. The lowest BCUT2D eigenvalue weighted by Gasteiger charge is -2.47. The van der Waals surface area contributed by atoms with Gasteiger partial charge in [0.2, 0.25) is 0 Å². The lowest BCUT2D eigenvalue weighted by Crippen LogP contribution is -2.58. The Kier molecular flexibility index (Phi) is 12.3. The average molecular weight is 723 g/mol. The molecule has 4 bridgehead atoms. The van der Waals surface area contributed by atoms with Crippen LogP contribution in [0.1, 0.15) is 103 Å². The minimum atomic E-state index is -0.292. The zero-order valence-corrected chi connectivity index (χ0v) is 32.4. The van der Waals surface area contributed by atoms with Crippen LogP contribution >= 0.6 is 0 Å². The Balaban J connectivity index is 0.957. The summed E-state index contributed by atoms with van der Waals surface area (Å²) in [5, 5.41) is 0. The fraction of sp³-hybridized carbons (Fsp3) is 0.667. The summed E-state index contributed by atoms with van der Waals surface area (Å²) in [6.07, 6.45) is 7.86. The average Bonchev–Trinajstić information content (AvgIpc) is 3.34. The van der Waals surface area contributed by atoms with Gasteiger partial charge in [-0.1, -0.05) is 0 Å². The number of hydrogen-bond acceptors (Lipinski definition) is 8. The topological polar surface area (TPSA) is 89.5 Å². The van der Waals surface area contributed by atoms with Crippen LogP contribution in [-0.2, 0) is 32.2 Å². The first-order chi connectivity index (χ1) is 25.1. The number of hydrogen-bond donors (Lipinski definition) is 0. The van der Waals surface area contributed by atoms with Crippen LogP contribution in [0.15, 0.2) is 36.4 Å². The number of benzene rings is 2. The molecule has 0 aromatic heterocycles. The highest BCUT2D eigenvalue weighted by Gasteiger charge is 2.53. The van der Waals surface area contributed by atoms with Gasteiger partial charge >= 0.3 is 11.9 Å². The van der Waals surface area contributed by atoms with Gasteiger partial charge in [0.25, 0.3) is 0 Å². The predicted molar refractivity (Wildman–Crippen MR) is 198 cm³/mol. The molecule has 286 valence electrons. The molecule has 4 fully saturated rings. The van der Waals surface area contributed by atoms with Crippen molar-refractivity contribution in [2.75, 3.05) is 40.5 Å². The van der Waals surface area contributed by atoms with E-state index in [0.29, 0.717) is 50.6 Å². The molecule has 0 N–H and O–H groups in total. The molecule has 0 radical (unpaired) electrons. The lowest BCUT2D eigenvalue weighted by molar-refractivity contribution is -0.961. The van der Waals surface area contributed by atoms with Crippen molar-refractivity contribution >= 4 is 11.9 Å². The molecule has 4 saturated heterocycles. The number of fused-ring (bicyclic) bond motifs is 4. The van der Waals surface area contributed by atoms with E-state index in [2.05, 4.69) is 38.4 Å². The SMILES string of the molecule is CCOc1ccc(C[N+]2(C)C3CCC2CC(OC(=O)CCC(=O)OC2CC4CCC(C2)[N+]4(C)Cc2ccc(OCC)c(OCC)c2)C3)cc1OCC. The molecule has 0 saturated carbocycles. The van der Waals surface area contributed by atoms with Gasteiger partial charge in [-0.3, -0.25) is 9.59 Å². The predicted octanol–water partition coefficient (Wildman–Crippen LogP) is 7.13. The van der Waals surface area contributed by atoms with Crippen LogP contribution in [-0.4, -0.2) is 97.8 Å². The molecule has 2 aromatic carbocycles. The molecule has 6 rings (SSSR count). The number of piperidine rings is 2. The third-order valence-corrected chi connectivity index (χ3v) is 12.5. The Morgan fingerprint density at radius 1 is 0.538 bits per heavy atom. The maximum Gasteiger partial charge on any atom is 0.306 e. The summed E-state index contributed by atoms with van der Waals surface area (Å²) in [5.74, 6) is 2.59. The van der Waals surface area contributed by atoms with Crippen molar-refractivity contribution in [2.45, 2.75) is 141 Å². The van der Waals surface area contributed by atoms with E-state index in [1.54, 1.807) is 0 Å². The van der Waals surface area contributed by atoms with Crippen molar-refractivity contribution in [1.82, 2.24) is 0 Å². The third-order valence-electron chi connectivity index (χ3n) is 12.5. The molecule has 10 nitrogen and oxygen atoms in total. The standard InChI is InChI=1S/C42H62N2O8/c1-7-47-37-17-11-29(21-39(37)49-9-3)27-43(5)31-13-14-32(43)24-35(23-31)51-41(45)19-20-42(46)52-36-25-33-15-16-34(26-36)44(33,6)28-30-12-18-38(48-8-2)40(22-30)50-10-4/h11-12,17-18,21-22,31-36H,7-10,13-16,19-20,23-28H2,1-6H3/q+2. The highest BCUT2D eigenvalue weighted by Crippen LogP contribution is 2.46. The van der Waals surface area contributed by atoms with E-state index < -0.39 is 0 Å². The van der Waals surface area contributed by atoms with Crippen molar-refractivity contribution in [3.8, 4) is 23.0 Å². The first-order valence-corrected chi connectivity index (χ1v) is 19.9. The van der Waals surface area contributed by atoms with Gasteiger partial charge < -0.3 is 37.4 Å². The van der Waals surface area contributed by atoms with E-state index in [1.807, 2.05) is 39.8 Å². The normalized spacial score (nSPS) is 30.4. The van der Waals surface area contributed by atoms with E-state index >= 15 is 0 Å². The largest absolute Gasteiger partial charge is 0.490 e. The van der Waals surface area contributed by atoms with Crippen LogP contribution in [0.3, 0.4) is 0 Å². The maximum absolute atomic E-state index is 13.0. The van der Waals surface area contributed by atoms with Gasteiger partial charge in [0.15, 0.2) is 23.0 Å². The van der Waals surface area contributed by atoms with E-state index in [1.165, 1.54) is 11.1 Å². The second kappa shape index (κ2) is 16.7. The quantitative estimate of drug-likeness (QED) is 0.126. The highest BCUT2D eigenvalue weighted by molar-refractivity contribution is 5.77. The molecule has 4 aliphatic heterocycles. The van der Waals surface area contributed by atoms with Crippen LogP contribution in [0, 0.1) is 0 Å². The van der Waals surface area contributed by atoms with Crippen LogP contribution in [0.25, 0.3) is 0 Å². The fourth-order valence-corrected chi connectivity index (χ4v) is 9.96. The molecule has 0 spiro atoms. The molecular formula is C42H62N2O8+2. The van der Waals surface area contributed by atoms with Gasteiger partial charge in [-0.15, -0.1) is 0 Å². The van der Waals surface area contributed by atoms with Gasteiger partial charge in [0.05, 0.1) is 77.5 Å². The van der Waals surface area contributed by atoms with Gasteiger partial charge in [0.1, 0.15) is 25.3 Å². The Bertz CT molecular complexity index is 1400. The van der Waals surface area contributed by atoms with Crippen LogP contribution < -0.4 is 18.9 Å². The molecule has 10 heteroatoms. The summed E-state index contributed by atoms with van der Waals surface area (Å²) in [6.45, 7) is 12.1. The molecule has 4 heterocycles. The second-order valence-corrected chi connectivity index (χ2v) is 15.7. The van der Waals surface area contributed by atoms with E-state index in [-0.39, 0.29) is 37.0 Å². The van der Waals surface area contributed by atoms with Gasteiger partial charge in [-0.05, 0) is 64.1 Å². The summed E-state index contributed by atoms with van der Waals surface area (Å²) in [7, 11) is 4.70. The Labute approximate surface area is 310 Å². The summed E-state index contributed by atoms with van der Waals surface area (Å²) in [5.41, 5.74) is 2.47. The minimum absolute atomic E-state index is 0.0659. The fourth-order valence-electron chi connectivity index (χ4n) is 9.96. The molecule has 2 aromatic rings. The van der Waals surface area contributed by atoms with Crippen molar-refractivity contribution in [3.63, 3.8) is 0 Å². The Morgan fingerprint density at radius 2 is 0.865 bits per heavy atom. The third kappa shape index (κ3) is 8.33. The zero-order chi connectivity index (χ0) is 36.9. The smallest absolute Gasteiger partial charge is 0.306 e. The zero-order valence-electron chi connectivity index (χ0n) is 32.4. The first-order valence-electron chi connectivity index (χ1n) is 19.9. The summed E-state index contributed by atoms with van der Waals surface area (Å²) in [6, 6.07) is 14.3. The van der Waals surface area contributed by atoms with E-state index in [9.17, 15) is 9.59 Å². The second-order valence-electron chi connectivity index (χ2n) is 15.7. The number of nitrogens with zero attached hydrogens (tertiary/aromatic N) is 2. The van der Waals surface area contributed by atoms with Gasteiger partial charge in [0, 0.05) is 62.5 Å². The van der Waals surface area contributed by atoms with Crippen LogP contribution in [0.2, 0.25) is 0 Å². The van der Waals surface area contributed by atoms with Crippen LogP contribution in [0.5, 0.6) is 23.0 Å². The van der Waals surface area contributed by atoms with Crippen molar-refractivity contribution in [1.29, 1.82) is 0 Å². The Hall–Kier alpha value is -3.50. The molecule has 4 unspecified atom stereocenters. The maximum atomic E-state index is 13.0. The molecule has 4 atom stereocenters. The highest BCUT2D eigenvalue weighted by atomic mass is 16.6. The number of carbonyl (C=O) groups is 2. The van der Waals surface area contributed by atoms with Crippen molar-refractivity contribution in [3.05, 3.63) is 47.5 Å². The summed E-state index contributed by atoms with van der Waals surface area (Å²) in [4.78, 5) is 26.0. The number of ether oxygens (including phenoxy) is 6. The molecule has 0 amide bonds. The van der Waals surface area contributed by atoms with Crippen LogP contribution in [0.4, 0.5) is 0 Å². The van der Waals surface area contributed by atoms with E-state index in [4.69, 9.17) is 28.4 Å². The number of quaternary nitrogens is 2. The Morgan fingerprint density at radius 3 is 1.19 bits per heavy atom. The van der Waals surface area contributed by atoms with Gasteiger partial charge in [-0.25, -0.2) is 0 Å². The summed E-state index contributed by atoms with van der Waals surface area (Å²) < 4.78 is 37.3.